The van der Waals surface area contributed by atoms with Gasteiger partial charge in [0.05, 0.1) is 16.2 Å². The molecule has 1 fully saturated rings. The number of nitrogens with zero attached hydrogens (tertiary/aromatic N) is 1. The number of nitrogens with one attached hydrogen (secondary N) is 1. The summed E-state index contributed by atoms with van der Waals surface area (Å²) < 4.78 is 6.05. The zero-order valence-corrected chi connectivity index (χ0v) is 15.2. The van der Waals surface area contributed by atoms with Crippen LogP contribution in [0.5, 0.6) is 5.75 Å². The molecule has 0 atom stereocenters. The molecule has 2 aromatic rings. The second-order valence-electron chi connectivity index (χ2n) is 5.52. The molecule has 4 nitrogen and oxygen atoms in total. The van der Waals surface area contributed by atoms with Crippen molar-refractivity contribution < 1.29 is 9.53 Å². The molecular formula is C19H18N2O2S2. The van der Waals surface area contributed by atoms with Gasteiger partial charge in [-0.3, -0.25) is 4.79 Å². The number of carbonyl (C=O) groups excluding carboxylic acids is 1. The Bertz CT molecular complexity index is 748. The van der Waals surface area contributed by atoms with Crippen molar-refractivity contribution in [3.8, 4) is 11.8 Å². The predicted octanol–water partition coefficient (Wildman–Crippen LogP) is 4.44. The Kier molecular flexibility index (Phi) is 6.26. The summed E-state index contributed by atoms with van der Waals surface area (Å²) in [6.45, 7) is -0.0493. The van der Waals surface area contributed by atoms with Gasteiger partial charge in [0, 0.05) is 5.69 Å². The quantitative estimate of drug-likeness (QED) is 0.843. The largest absolute Gasteiger partial charge is 0.484 e. The van der Waals surface area contributed by atoms with Crippen molar-refractivity contribution in [3.63, 3.8) is 0 Å². The highest BCUT2D eigenvalue weighted by Gasteiger charge is 2.16. The van der Waals surface area contributed by atoms with Gasteiger partial charge in [-0.2, -0.15) is 5.26 Å². The fraction of sp³-hybridized carbons (Fsp3) is 0.263. The number of amides is 1. The number of rotatable bonds is 5. The van der Waals surface area contributed by atoms with Crippen LogP contribution in [0.25, 0.3) is 0 Å². The Balaban J connectivity index is 1.48. The first kappa shape index (κ1) is 17.7. The van der Waals surface area contributed by atoms with Crippen molar-refractivity contribution in [3.05, 3.63) is 59.7 Å². The minimum atomic E-state index is -0.229. The molecular weight excluding hydrogens is 352 g/mol. The van der Waals surface area contributed by atoms with E-state index in [1.165, 1.54) is 23.5 Å². The second kappa shape index (κ2) is 8.84. The summed E-state index contributed by atoms with van der Waals surface area (Å²) in [7, 11) is 0. The topological polar surface area (TPSA) is 62.1 Å². The van der Waals surface area contributed by atoms with E-state index in [-0.39, 0.29) is 12.5 Å². The molecule has 3 rings (SSSR count). The molecule has 1 heterocycles. The molecule has 0 aromatic heterocycles. The summed E-state index contributed by atoms with van der Waals surface area (Å²) in [4.78, 5) is 11.9. The standard InChI is InChI=1S/C19H18N2O2S2/c20-12-14-2-6-16(7-3-14)21-18(22)13-23-17-8-4-15(5-9-17)19-24-10-1-11-25-19/h2-9,19H,1,10-11,13H2,(H,21,22). The number of hydrogen-bond donors (Lipinski definition) is 1. The molecule has 1 N–H and O–H groups in total. The monoisotopic (exact) mass is 370 g/mol. The van der Waals surface area contributed by atoms with Crippen molar-refractivity contribution in [1.82, 2.24) is 0 Å². The van der Waals surface area contributed by atoms with Crippen LogP contribution < -0.4 is 10.1 Å². The summed E-state index contributed by atoms with van der Waals surface area (Å²) in [6, 6.07) is 16.7. The van der Waals surface area contributed by atoms with Crippen molar-refractivity contribution in [2.75, 3.05) is 23.4 Å². The molecule has 1 aliphatic rings. The Hall–Kier alpha value is -2.10. The third-order valence-corrected chi connectivity index (χ3v) is 6.66. The maximum absolute atomic E-state index is 11.9. The van der Waals surface area contributed by atoms with Crippen LogP contribution in [0.1, 0.15) is 22.1 Å². The van der Waals surface area contributed by atoms with Crippen molar-refractivity contribution in [2.24, 2.45) is 0 Å². The van der Waals surface area contributed by atoms with Crippen LogP contribution in [0.2, 0.25) is 0 Å². The lowest BCUT2D eigenvalue weighted by molar-refractivity contribution is -0.118. The maximum atomic E-state index is 11.9. The third-order valence-electron chi connectivity index (χ3n) is 3.65. The van der Waals surface area contributed by atoms with Gasteiger partial charge in [-0.05, 0) is 59.9 Å². The molecule has 1 amide bonds. The van der Waals surface area contributed by atoms with E-state index in [4.69, 9.17) is 10.00 Å². The Labute approximate surface area is 156 Å². The van der Waals surface area contributed by atoms with E-state index in [1.807, 2.05) is 41.7 Å². The number of anilines is 1. The summed E-state index contributed by atoms with van der Waals surface area (Å²) in [5, 5.41) is 11.5. The first-order chi connectivity index (χ1) is 12.2. The molecule has 1 aliphatic heterocycles. The van der Waals surface area contributed by atoms with Gasteiger partial charge < -0.3 is 10.1 Å². The molecule has 1 saturated heterocycles. The second-order valence-corrected chi connectivity index (χ2v) is 8.25. The van der Waals surface area contributed by atoms with Crippen LogP contribution in [-0.2, 0) is 4.79 Å². The molecule has 0 saturated carbocycles. The highest BCUT2D eigenvalue weighted by atomic mass is 32.2. The average Bonchev–Trinajstić information content (AvgIpc) is 2.68. The number of hydrogen-bond acceptors (Lipinski definition) is 5. The van der Waals surface area contributed by atoms with E-state index in [0.717, 1.165) is 0 Å². The molecule has 0 unspecified atom stereocenters. The number of benzene rings is 2. The molecule has 0 spiro atoms. The zero-order valence-electron chi connectivity index (χ0n) is 13.6. The highest BCUT2D eigenvalue weighted by Crippen LogP contribution is 2.43. The fourth-order valence-electron chi connectivity index (χ4n) is 2.38. The number of thioether (sulfide) groups is 2. The zero-order chi connectivity index (χ0) is 17.5. The van der Waals surface area contributed by atoms with Crippen LogP contribution in [-0.4, -0.2) is 24.0 Å². The lowest BCUT2D eigenvalue weighted by atomic mass is 10.2. The van der Waals surface area contributed by atoms with E-state index in [1.54, 1.807) is 24.3 Å². The Morgan fingerprint density at radius 2 is 1.80 bits per heavy atom. The van der Waals surface area contributed by atoms with Gasteiger partial charge in [0.25, 0.3) is 5.91 Å². The number of nitriles is 1. The Morgan fingerprint density at radius 3 is 2.44 bits per heavy atom. The summed E-state index contributed by atoms with van der Waals surface area (Å²) in [5.74, 6) is 2.88. The van der Waals surface area contributed by atoms with Crippen molar-refractivity contribution >= 4 is 35.1 Å². The van der Waals surface area contributed by atoms with Crippen molar-refractivity contribution in [2.45, 2.75) is 11.0 Å². The van der Waals surface area contributed by atoms with Gasteiger partial charge in [-0.15, -0.1) is 23.5 Å². The van der Waals surface area contributed by atoms with Crippen LogP contribution >= 0.6 is 23.5 Å². The molecule has 2 aromatic carbocycles. The van der Waals surface area contributed by atoms with E-state index in [2.05, 4.69) is 17.4 Å². The predicted molar refractivity (Wildman–Crippen MR) is 104 cm³/mol. The lowest BCUT2D eigenvalue weighted by Gasteiger charge is -2.21. The van der Waals surface area contributed by atoms with Crippen LogP contribution in [0, 0.1) is 11.3 Å². The normalized spacial score (nSPS) is 14.5. The van der Waals surface area contributed by atoms with Gasteiger partial charge in [-0.25, -0.2) is 0 Å². The number of carbonyl (C=O) groups is 1. The molecule has 6 heteroatoms. The first-order valence-electron chi connectivity index (χ1n) is 8.00. The van der Waals surface area contributed by atoms with E-state index < -0.39 is 0 Å². The summed E-state index contributed by atoms with van der Waals surface area (Å²) in [6.07, 6.45) is 1.28. The van der Waals surface area contributed by atoms with Crippen molar-refractivity contribution in [1.29, 1.82) is 5.26 Å². The molecule has 0 bridgehead atoms. The minimum Gasteiger partial charge on any atom is -0.484 e. The first-order valence-corrected chi connectivity index (χ1v) is 10.1. The van der Waals surface area contributed by atoms with E-state index >= 15 is 0 Å². The van der Waals surface area contributed by atoms with Crippen LogP contribution in [0.3, 0.4) is 0 Å². The van der Waals surface area contributed by atoms with Crippen LogP contribution in [0.15, 0.2) is 48.5 Å². The minimum absolute atomic E-state index is 0.0493. The fourth-order valence-corrected chi connectivity index (χ4v) is 5.27. The van der Waals surface area contributed by atoms with Gasteiger partial charge in [-0.1, -0.05) is 12.1 Å². The van der Waals surface area contributed by atoms with Gasteiger partial charge in [0.1, 0.15) is 5.75 Å². The number of ether oxygens (including phenoxy) is 1. The molecule has 25 heavy (non-hydrogen) atoms. The summed E-state index contributed by atoms with van der Waals surface area (Å²) >= 11 is 3.96. The summed E-state index contributed by atoms with van der Waals surface area (Å²) in [5.41, 5.74) is 2.50. The third kappa shape index (κ3) is 5.18. The maximum Gasteiger partial charge on any atom is 0.262 e. The smallest absolute Gasteiger partial charge is 0.262 e. The van der Waals surface area contributed by atoms with E-state index in [9.17, 15) is 4.79 Å². The van der Waals surface area contributed by atoms with Gasteiger partial charge in [0.15, 0.2) is 6.61 Å². The molecule has 128 valence electrons. The highest BCUT2D eigenvalue weighted by molar-refractivity contribution is 8.16. The molecule has 0 aliphatic carbocycles. The van der Waals surface area contributed by atoms with E-state index in [0.29, 0.717) is 21.6 Å². The van der Waals surface area contributed by atoms with Gasteiger partial charge >= 0.3 is 0 Å². The molecule has 0 radical (unpaired) electrons. The SMILES string of the molecule is N#Cc1ccc(NC(=O)COc2ccc(C3SCCCS3)cc2)cc1. The van der Waals surface area contributed by atoms with Crippen LogP contribution in [0.4, 0.5) is 5.69 Å². The van der Waals surface area contributed by atoms with Gasteiger partial charge in [0.2, 0.25) is 0 Å². The lowest BCUT2D eigenvalue weighted by Crippen LogP contribution is -2.20. The average molecular weight is 370 g/mol. The Morgan fingerprint density at radius 1 is 1.12 bits per heavy atom.